The van der Waals surface area contributed by atoms with Crippen molar-refractivity contribution < 1.29 is 52.2 Å². The third-order valence-corrected chi connectivity index (χ3v) is 13.9. The Morgan fingerprint density at radius 3 is 1.04 bits per heavy atom. The van der Waals surface area contributed by atoms with Crippen LogP contribution in [0.4, 0.5) is 0 Å². The first-order valence-corrected chi connectivity index (χ1v) is 31.7. The largest absolute Gasteiger partial charge is 0.472 e. The van der Waals surface area contributed by atoms with Crippen molar-refractivity contribution in [2.24, 2.45) is 0 Å². The lowest BCUT2D eigenvalue weighted by atomic mass is 10.1. The lowest BCUT2D eigenvalue weighted by Crippen LogP contribution is -2.30. The van der Waals surface area contributed by atoms with Gasteiger partial charge in [0.2, 0.25) is 0 Å². The van der Waals surface area contributed by atoms with E-state index in [1.165, 1.54) is 116 Å². The molecule has 0 aromatic heterocycles. The van der Waals surface area contributed by atoms with Crippen LogP contribution >= 0.6 is 7.82 Å². The summed E-state index contributed by atoms with van der Waals surface area (Å²) >= 11 is 0. The summed E-state index contributed by atoms with van der Waals surface area (Å²) in [6, 6.07) is 0. The number of hydrogen-bond donors (Lipinski definition) is 2. The fourth-order valence-electron chi connectivity index (χ4n) is 8.28. The smallest absolute Gasteiger partial charge is 0.462 e. The predicted molar refractivity (Wildman–Crippen MR) is 307 cm³/mol. The van der Waals surface area contributed by atoms with E-state index in [-0.39, 0.29) is 25.9 Å². The lowest BCUT2D eigenvalue weighted by molar-refractivity contribution is -0.161. The first-order chi connectivity index (χ1) is 36.2. The van der Waals surface area contributed by atoms with Crippen LogP contribution < -0.4 is 0 Å². The molecule has 0 saturated heterocycles. The van der Waals surface area contributed by atoms with Crippen molar-refractivity contribution in [1.82, 2.24) is 0 Å². The molecule has 0 aromatic rings. The fourth-order valence-corrected chi connectivity index (χ4v) is 9.06. The van der Waals surface area contributed by atoms with Crippen LogP contribution in [0.25, 0.3) is 0 Å². The van der Waals surface area contributed by atoms with Crippen LogP contribution in [-0.2, 0) is 42.2 Å². The van der Waals surface area contributed by atoms with Crippen molar-refractivity contribution in [3.05, 3.63) is 60.8 Å². The Morgan fingerprint density at radius 2 is 0.662 bits per heavy atom. The number of carbonyl (C=O) groups excluding carboxylic acids is 3. The molecule has 0 radical (unpaired) electrons. The van der Waals surface area contributed by atoms with E-state index in [0.717, 1.165) is 103 Å². The number of phosphoric ester groups is 1. The number of hydrogen-bond acceptors (Lipinski definition) is 10. The molecule has 11 nitrogen and oxygen atoms in total. The summed E-state index contributed by atoms with van der Waals surface area (Å²) in [5, 5.41) is 9.83. The van der Waals surface area contributed by atoms with Crippen LogP contribution in [0.5, 0.6) is 0 Å². The summed E-state index contributed by atoms with van der Waals surface area (Å²) in [6.07, 6.45) is 61.8. The molecule has 0 fully saturated rings. The van der Waals surface area contributed by atoms with E-state index in [0.29, 0.717) is 19.3 Å². The Balaban J connectivity index is 4.60. The minimum absolute atomic E-state index is 0.154. The quantitative estimate of drug-likeness (QED) is 0.0197. The highest BCUT2D eigenvalue weighted by molar-refractivity contribution is 7.47. The number of aliphatic hydroxyl groups excluding tert-OH is 1. The molecule has 0 bridgehead atoms. The summed E-state index contributed by atoms with van der Waals surface area (Å²) in [5.41, 5.74) is 0. The Labute approximate surface area is 453 Å². The normalized spacial score (nSPS) is 13.7. The molecule has 3 atom stereocenters. The minimum atomic E-state index is -4.75. The van der Waals surface area contributed by atoms with Crippen LogP contribution in [0.3, 0.4) is 0 Å². The number of carbonyl (C=O) groups is 3. The van der Waals surface area contributed by atoms with Crippen LogP contribution in [0.15, 0.2) is 60.8 Å². The fraction of sp³-hybridized carbons (Fsp3) is 0.790. The third kappa shape index (κ3) is 54.0. The first kappa shape index (κ1) is 71.2. The maximum absolute atomic E-state index is 12.9. The van der Waals surface area contributed by atoms with E-state index < -0.39 is 57.8 Å². The molecule has 430 valence electrons. The molecule has 0 aliphatic rings. The Morgan fingerprint density at radius 1 is 0.378 bits per heavy atom. The molecule has 0 aromatic carbocycles. The molecule has 0 aliphatic heterocycles. The van der Waals surface area contributed by atoms with Gasteiger partial charge in [-0.15, -0.1) is 0 Å². The highest BCUT2D eigenvalue weighted by atomic mass is 31.2. The average Bonchev–Trinajstić information content (AvgIpc) is 3.39. The standard InChI is InChI=1S/C62H111O11P/c1-4-7-10-13-16-19-21-23-25-27-29-31-33-35-37-40-43-46-49-52-61(65)72-58(54-63)56-70-74(67,68)71-57-59(55-69-60(64)51-48-45-42-39-18-15-12-9-6-3)73-62(66)53-50-47-44-41-38-36-34-32-30-28-26-24-22-20-17-14-11-8-5-2/h16-17,19-20,23-26,30,32,58-59,63H,4-15,18,21-22,27-29,31,33-57H2,1-3H3,(H,67,68)/b19-16-,20-17-,25-23-,26-24-,32-30-. The molecule has 0 rings (SSSR count). The van der Waals surface area contributed by atoms with Crippen LogP contribution in [0.1, 0.15) is 278 Å². The maximum Gasteiger partial charge on any atom is 0.472 e. The van der Waals surface area contributed by atoms with Gasteiger partial charge in [-0.3, -0.25) is 23.4 Å². The lowest BCUT2D eigenvalue weighted by Gasteiger charge is -2.21. The van der Waals surface area contributed by atoms with Gasteiger partial charge in [0, 0.05) is 19.3 Å². The summed E-state index contributed by atoms with van der Waals surface area (Å²) in [4.78, 5) is 48.5. The Bertz CT molecular complexity index is 1470. The van der Waals surface area contributed by atoms with Crippen LogP contribution in [0, 0.1) is 0 Å². The highest BCUT2D eigenvalue weighted by Crippen LogP contribution is 2.43. The molecule has 74 heavy (non-hydrogen) atoms. The second kappa shape index (κ2) is 56.4. The number of unbranched alkanes of at least 4 members (excludes halogenated alkanes) is 29. The summed E-state index contributed by atoms with van der Waals surface area (Å²) < 4.78 is 39.5. The van der Waals surface area contributed by atoms with E-state index in [2.05, 4.69) is 81.5 Å². The number of rotatable bonds is 56. The zero-order valence-corrected chi connectivity index (χ0v) is 48.5. The number of phosphoric acid groups is 1. The number of aliphatic hydroxyl groups is 1. The molecule has 3 unspecified atom stereocenters. The van der Waals surface area contributed by atoms with Crippen LogP contribution in [0.2, 0.25) is 0 Å². The monoisotopic (exact) mass is 1060 g/mol. The molecule has 0 heterocycles. The van der Waals surface area contributed by atoms with E-state index in [1.807, 2.05) is 0 Å². The SMILES string of the molecule is CCCCC/C=C\C/C=C\C/C=C\CCCCCCCCC(=O)OC(COC(=O)CCCCCCCCCCC)COP(=O)(O)OCC(CO)OC(=O)CCCCCCCCCCC/C=C\C/C=C\CCCCC. The number of allylic oxidation sites excluding steroid dienone is 10. The Hall–Kier alpha value is -2.82. The van der Waals surface area contributed by atoms with Crippen molar-refractivity contribution in [3.63, 3.8) is 0 Å². The van der Waals surface area contributed by atoms with Gasteiger partial charge in [0.1, 0.15) is 12.7 Å². The van der Waals surface area contributed by atoms with Crippen molar-refractivity contribution >= 4 is 25.7 Å². The van der Waals surface area contributed by atoms with Crippen LogP contribution in [-0.4, -0.2) is 66.5 Å². The van der Waals surface area contributed by atoms with E-state index in [9.17, 15) is 28.9 Å². The Kier molecular flexibility index (Phi) is 54.2. The zero-order chi connectivity index (χ0) is 54.1. The molecule has 0 amide bonds. The summed E-state index contributed by atoms with van der Waals surface area (Å²) in [7, 11) is -4.75. The van der Waals surface area contributed by atoms with Gasteiger partial charge < -0.3 is 24.2 Å². The second-order valence-electron chi connectivity index (χ2n) is 20.2. The van der Waals surface area contributed by atoms with Crippen molar-refractivity contribution in [2.75, 3.05) is 26.4 Å². The summed E-state index contributed by atoms with van der Waals surface area (Å²) in [6.45, 7) is 4.58. The van der Waals surface area contributed by atoms with Gasteiger partial charge in [-0.05, 0) is 89.9 Å². The topological polar surface area (TPSA) is 155 Å². The van der Waals surface area contributed by atoms with E-state index in [4.69, 9.17) is 23.3 Å². The average molecular weight is 1060 g/mol. The van der Waals surface area contributed by atoms with E-state index >= 15 is 0 Å². The molecule has 12 heteroatoms. The van der Waals surface area contributed by atoms with Gasteiger partial charge in [-0.1, -0.05) is 229 Å². The van der Waals surface area contributed by atoms with Crippen molar-refractivity contribution in [2.45, 2.75) is 290 Å². The highest BCUT2D eigenvalue weighted by Gasteiger charge is 2.28. The first-order valence-electron chi connectivity index (χ1n) is 30.2. The van der Waals surface area contributed by atoms with Gasteiger partial charge in [-0.25, -0.2) is 4.57 Å². The third-order valence-electron chi connectivity index (χ3n) is 12.9. The van der Waals surface area contributed by atoms with Gasteiger partial charge in [0.15, 0.2) is 6.10 Å². The molecular weight excluding hydrogens is 952 g/mol. The maximum atomic E-state index is 12.9. The van der Waals surface area contributed by atoms with Gasteiger partial charge in [0.25, 0.3) is 0 Å². The predicted octanol–water partition coefficient (Wildman–Crippen LogP) is 17.9. The molecule has 0 aliphatic carbocycles. The second-order valence-corrected chi connectivity index (χ2v) is 21.6. The van der Waals surface area contributed by atoms with Gasteiger partial charge >= 0.3 is 25.7 Å². The summed E-state index contributed by atoms with van der Waals surface area (Å²) in [5.74, 6) is -1.47. The number of esters is 3. The van der Waals surface area contributed by atoms with E-state index in [1.54, 1.807) is 0 Å². The van der Waals surface area contributed by atoms with Crippen molar-refractivity contribution in [1.29, 1.82) is 0 Å². The number of ether oxygens (including phenoxy) is 3. The molecule has 0 saturated carbocycles. The zero-order valence-electron chi connectivity index (χ0n) is 47.6. The molecule has 2 N–H and O–H groups in total. The van der Waals surface area contributed by atoms with Crippen molar-refractivity contribution in [3.8, 4) is 0 Å². The minimum Gasteiger partial charge on any atom is -0.462 e. The molecular formula is C62H111O11P. The van der Waals surface area contributed by atoms with Gasteiger partial charge in [0.05, 0.1) is 19.8 Å². The van der Waals surface area contributed by atoms with Gasteiger partial charge in [-0.2, -0.15) is 0 Å². The molecule has 0 spiro atoms.